The van der Waals surface area contributed by atoms with Crippen LogP contribution in [0.3, 0.4) is 0 Å². The topological polar surface area (TPSA) is 25.8 Å². The molecule has 228 valence electrons. The standard InChI is InChI=1S/C46H28N2S/c1-3-12-29(13-4-1)41-28-42(48-46(47-41)30-14-5-2-6-15-30)32-22-24-36-34-16-7-8-17-35(34)38-20-11-19-33(45(38)40(36)27-32)31-23-25-44-39(26-31)37-18-9-10-21-43(37)49-44/h1-28H. The van der Waals surface area contributed by atoms with E-state index >= 15 is 0 Å². The molecule has 0 saturated heterocycles. The van der Waals surface area contributed by atoms with Crippen LogP contribution in [0, 0.1) is 0 Å². The summed E-state index contributed by atoms with van der Waals surface area (Å²) in [7, 11) is 0. The van der Waals surface area contributed by atoms with Crippen molar-refractivity contribution in [1.82, 2.24) is 9.97 Å². The van der Waals surface area contributed by atoms with Gasteiger partial charge < -0.3 is 0 Å². The Morgan fingerprint density at radius 2 is 0.898 bits per heavy atom. The lowest BCUT2D eigenvalue weighted by molar-refractivity contribution is 1.18. The minimum atomic E-state index is 0.720. The number of aromatic nitrogens is 2. The minimum Gasteiger partial charge on any atom is -0.228 e. The van der Waals surface area contributed by atoms with Crippen molar-refractivity contribution >= 4 is 63.8 Å². The number of thiophene rings is 1. The number of benzene rings is 8. The Morgan fingerprint density at radius 1 is 0.327 bits per heavy atom. The van der Waals surface area contributed by atoms with E-state index in [4.69, 9.17) is 9.97 Å². The minimum absolute atomic E-state index is 0.720. The number of hydrogen-bond donors (Lipinski definition) is 0. The highest BCUT2D eigenvalue weighted by Gasteiger charge is 2.17. The summed E-state index contributed by atoms with van der Waals surface area (Å²) in [4.78, 5) is 10.2. The van der Waals surface area contributed by atoms with Gasteiger partial charge in [-0.25, -0.2) is 9.97 Å². The lowest BCUT2D eigenvalue weighted by atomic mass is 9.88. The molecule has 0 atom stereocenters. The van der Waals surface area contributed by atoms with Crippen molar-refractivity contribution in [3.05, 3.63) is 170 Å². The summed E-state index contributed by atoms with van der Waals surface area (Å²) in [6.07, 6.45) is 0. The number of fused-ring (bicyclic) bond motifs is 9. The van der Waals surface area contributed by atoms with Crippen LogP contribution >= 0.6 is 11.3 Å². The van der Waals surface area contributed by atoms with Crippen LogP contribution in [0.4, 0.5) is 0 Å². The van der Waals surface area contributed by atoms with Crippen LogP contribution in [-0.4, -0.2) is 9.97 Å². The maximum Gasteiger partial charge on any atom is 0.160 e. The molecule has 10 aromatic rings. The van der Waals surface area contributed by atoms with Crippen LogP contribution in [0.1, 0.15) is 0 Å². The summed E-state index contributed by atoms with van der Waals surface area (Å²) in [5.41, 5.74) is 7.40. The van der Waals surface area contributed by atoms with E-state index in [2.05, 4.69) is 146 Å². The summed E-state index contributed by atoms with van der Waals surface area (Å²) in [6.45, 7) is 0. The van der Waals surface area contributed by atoms with Crippen molar-refractivity contribution in [3.63, 3.8) is 0 Å². The lowest BCUT2D eigenvalue weighted by Gasteiger charge is -2.16. The van der Waals surface area contributed by atoms with Gasteiger partial charge in [-0.3, -0.25) is 0 Å². The third-order valence-corrected chi connectivity index (χ3v) is 10.8. The van der Waals surface area contributed by atoms with Gasteiger partial charge in [0.1, 0.15) is 0 Å². The van der Waals surface area contributed by atoms with Crippen LogP contribution in [-0.2, 0) is 0 Å². The first-order valence-corrected chi connectivity index (χ1v) is 17.4. The van der Waals surface area contributed by atoms with Crippen molar-refractivity contribution in [2.24, 2.45) is 0 Å². The Balaban J connectivity index is 1.26. The van der Waals surface area contributed by atoms with Crippen molar-refractivity contribution in [2.75, 3.05) is 0 Å². The van der Waals surface area contributed by atoms with Crippen molar-refractivity contribution in [1.29, 1.82) is 0 Å². The van der Waals surface area contributed by atoms with Crippen LogP contribution in [0.5, 0.6) is 0 Å². The average molecular weight is 641 g/mol. The Morgan fingerprint density at radius 3 is 1.69 bits per heavy atom. The smallest absolute Gasteiger partial charge is 0.160 e. The highest BCUT2D eigenvalue weighted by Crippen LogP contribution is 2.43. The Hall–Kier alpha value is -6.16. The van der Waals surface area contributed by atoms with E-state index < -0.39 is 0 Å². The third-order valence-electron chi connectivity index (χ3n) is 9.67. The highest BCUT2D eigenvalue weighted by atomic mass is 32.1. The number of hydrogen-bond acceptors (Lipinski definition) is 3. The molecule has 0 aliphatic heterocycles. The molecule has 2 nitrogen and oxygen atoms in total. The number of nitrogens with zero attached hydrogens (tertiary/aromatic N) is 2. The lowest BCUT2D eigenvalue weighted by Crippen LogP contribution is -1.96. The van der Waals surface area contributed by atoms with Gasteiger partial charge in [0.2, 0.25) is 0 Å². The molecule has 0 aliphatic carbocycles. The first kappa shape index (κ1) is 27.9. The van der Waals surface area contributed by atoms with E-state index in [-0.39, 0.29) is 0 Å². The zero-order valence-corrected chi connectivity index (χ0v) is 27.3. The third kappa shape index (κ3) is 4.62. The fraction of sp³-hybridized carbons (Fsp3) is 0. The summed E-state index contributed by atoms with van der Waals surface area (Å²) in [5, 5.41) is 10.1. The Kier molecular flexibility index (Phi) is 6.39. The van der Waals surface area contributed by atoms with Crippen LogP contribution < -0.4 is 0 Å². The summed E-state index contributed by atoms with van der Waals surface area (Å²) in [5.74, 6) is 0.720. The van der Waals surface area contributed by atoms with Crippen molar-refractivity contribution in [3.8, 4) is 45.0 Å². The fourth-order valence-corrected chi connectivity index (χ4v) is 8.45. The zero-order valence-electron chi connectivity index (χ0n) is 26.5. The Labute approximate surface area is 287 Å². The molecule has 0 fully saturated rings. The van der Waals surface area contributed by atoms with Crippen LogP contribution in [0.2, 0.25) is 0 Å². The van der Waals surface area contributed by atoms with Gasteiger partial charge in [0.05, 0.1) is 11.4 Å². The van der Waals surface area contributed by atoms with Gasteiger partial charge in [-0.05, 0) is 73.8 Å². The molecule has 0 bridgehead atoms. The van der Waals surface area contributed by atoms with Gasteiger partial charge in [-0.15, -0.1) is 11.3 Å². The molecule has 8 aromatic carbocycles. The van der Waals surface area contributed by atoms with E-state index in [9.17, 15) is 0 Å². The summed E-state index contributed by atoms with van der Waals surface area (Å²) >= 11 is 1.86. The van der Waals surface area contributed by atoms with E-state index in [0.29, 0.717) is 0 Å². The second-order valence-corrected chi connectivity index (χ2v) is 13.6. The first-order valence-electron chi connectivity index (χ1n) is 16.6. The molecule has 0 spiro atoms. The monoisotopic (exact) mass is 640 g/mol. The normalized spacial score (nSPS) is 11.7. The molecule has 2 aromatic heterocycles. The van der Waals surface area contributed by atoms with E-state index in [1.807, 2.05) is 35.6 Å². The molecule has 0 radical (unpaired) electrons. The fourth-order valence-electron chi connectivity index (χ4n) is 7.37. The molecule has 0 N–H and O–H groups in total. The van der Waals surface area contributed by atoms with E-state index in [1.165, 1.54) is 63.6 Å². The van der Waals surface area contributed by atoms with Crippen molar-refractivity contribution in [2.45, 2.75) is 0 Å². The molecule has 0 unspecified atom stereocenters. The van der Waals surface area contributed by atoms with E-state index in [1.54, 1.807) is 0 Å². The molecule has 49 heavy (non-hydrogen) atoms. The van der Waals surface area contributed by atoms with Gasteiger partial charge in [0.25, 0.3) is 0 Å². The van der Waals surface area contributed by atoms with Crippen molar-refractivity contribution < 1.29 is 0 Å². The predicted molar refractivity (Wildman–Crippen MR) is 209 cm³/mol. The summed E-state index contributed by atoms with van der Waals surface area (Å²) in [6, 6.07) is 60.9. The predicted octanol–water partition coefficient (Wildman–Crippen LogP) is 13.0. The van der Waals surface area contributed by atoms with Crippen LogP contribution in [0.15, 0.2) is 170 Å². The second kappa shape index (κ2) is 11.2. The van der Waals surface area contributed by atoms with Gasteiger partial charge in [-0.1, -0.05) is 140 Å². The highest BCUT2D eigenvalue weighted by molar-refractivity contribution is 7.25. The number of rotatable bonds is 4. The maximum atomic E-state index is 5.18. The second-order valence-electron chi connectivity index (χ2n) is 12.5. The molecule has 0 saturated carbocycles. The molecule has 0 aliphatic rings. The van der Waals surface area contributed by atoms with Gasteiger partial charge >= 0.3 is 0 Å². The van der Waals surface area contributed by atoms with Gasteiger partial charge in [0, 0.05) is 36.9 Å². The summed E-state index contributed by atoms with van der Waals surface area (Å²) < 4.78 is 2.64. The maximum absolute atomic E-state index is 5.18. The first-order chi connectivity index (χ1) is 24.3. The molecule has 2 heterocycles. The van der Waals surface area contributed by atoms with Gasteiger partial charge in [0.15, 0.2) is 5.82 Å². The average Bonchev–Trinajstić information content (AvgIpc) is 3.56. The molecular formula is C46H28N2S. The van der Waals surface area contributed by atoms with Gasteiger partial charge in [-0.2, -0.15) is 0 Å². The van der Waals surface area contributed by atoms with Crippen LogP contribution in [0.25, 0.3) is 97.5 Å². The largest absolute Gasteiger partial charge is 0.228 e. The molecule has 10 rings (SSSR count). The molecular weight excluding hydrogens is 613 g/mol. The molecule has 3 heteroatoms. The quantitative estimate of drug-likeness (QED) is 0.179. The Bertz CT molecular complexity index is 2810. The molecule has 0 amide bonds. The SMILES string of the molecule is c1ccc(-c2cc(-c3ccc4c5ccccc5c5cccc(-c6ccc7sc8ccccc8c7c6)c5c4c3)nc(-c3ccccc3)n2)cc1. The zero-order chi connectivity index (χ0) is 32.3. The van der Waals surface area contributed by atoms with E-state index in [0.717, 1.165) is 33.9 Å².